The number of anilines is 1. The van der Waals surface area contributed by atoms with Gasteiger partial charge in [-0.2, -0.15) is 0 Å². The minimum Gasteiger partial charge on any atom is -0.269 e. The SMILES string of the molecule is CN(c1ccccc1)S(=O)(=O)c1ccc(F)c(Cl)c1. The van der Waals surface area contributed by atoms with Gasteiger partial charge in [-0.1, -0.05) is 29.8 Å². The monoisotopic (exact) mass is 299 g/mol. The maximum absolute atomic E-state index is 13.1. The minimum absolute atomic E-state index is 0.0507. The molecule has 0 saturated carbocycles. The van der Waals surface area contributed by atoms with Gasteiger partial charge >= 0.3 is 0 Å². The average molecular weight is 300 g/mol. The predicted octanol–water partition coefficient (Wildman–Crippen LogP) is 3.30. The third-order valence-electron chi connectivity index (χ3n) is 2.67. The lowest BCUT2D eigenvalue weighted by molar-refractivity contribution is 0.593. The van der Waals surface area contributed by atoms with Crippen molar-refractivity contribution < 1.29 is 12.8 Å². The highest BCUT2D eigenvalue weighted by atomic mass is 35.5. The first-order valence-electron chi connectivity index (χ1n) is 5.42. The zero-order valence-corrected chi connectivity index (χ0v) is 11.6. The fraction of sp³-hybridized carbons (Fsp3) is 0.0769. The molecule has 2 rings (SSSR count). The Morgan fingerprint density at radius 2 is 1.74 bits per heavy atom. The van der Waals surface area contributed by atoms with E-state index < -0.39 is 15.8 Å². The standard InChI is InChI=1S/C13H11ClFNO2S/c1-16(10-5-3-2-4-6-10)19(17,18)11-7-8-13(15)12(14)9-11/h2-9H,1H3. The van der Waals surface area contributed by atoms with Gasteiger partial charge in [-0.05, 0) is 30.3 Å². The maximum atomic E-state index is 13.1. The average Bonchev–Trinajstić information content (AvgIpc) is 2.41. The number of para-hydroxylation sites is 1. The molecule has 0 atom stereocenters. The van der Waals surface area contributed by atoms with Crippen LogP contribution in [0.15, 0.2) is 53.4 Å². The smallest absolute Gasteiger partial charge is 0.264 e. The van der Waals surface area contributed by atoms with Gasteiger partial charge in [0.25, 0.3) is 10.0 Å². The van der Waals surface area contributed by atoms with Gasteiger partial charge < -0.3 is 0 Å². The second kappa shape index (κ2) is 5.19. The van der Waals surface area contributed by atoms with Crippen LogP contribution in [0.3, 0.4) is 0 Å². The first-order valence-corrected chi connectivity index (χ1v) is 7.24. The van der Waals surface area contributed by atoms with Crippen molar-refractivity contribution in [2.24, 2.45) is 0 Å². The summed E-state index contributed by atoms with van der Waals surface area (Å²) in [6.07, 6.45) is 0. The number of halogens is 2. The third kappa shape index (κ3) is 2.72. The number of hydrogen-bond donors (Lipinski definition) is 0. The summed E-state index contributed by atoms with van der Waals surface area (Å²) in [6.45, 7) is 0. The molecular formula is C13H11ClFNO2S. The molecule has 0 aliphatic heterocycles. The van der Waals surface area contributed by atoms with Crippen LogP contribution in [0.2, 0.25) is 5.02 Å². The molecule has 0 heterocycles. The second-order valence-corrected chi connectivity index (χ2v) is 6.26. The van der Waals surface area contributed by atoms with Crippen LogP contribution in [0, 0.1) is 5.82 Å². The van der Waals surface area contributed by atoms with Crippen LogP contribution >= 0.6 is 11.6 Å². The number of nitrogens with zero attached hydrogens (tertiary/aromatic N) is 1. The van der Waals surface area contributed by atoms with Crippen molar-refractivity contribution >= 4 is 27.3 Å². The van der Waals surface area contributed by atoms with E-state index in [1.54, 1.807) is 30.3 Å². The van der Waals surface area contributed by atoms with Crippen LogP contribution in [-0.2, 0) is 10.0 Å². The maximum Gasteiger partial charge on any atom is 0.264 e. The van der Waals surface area contributed by atoms with Crippen molar-refractivity contribution in [2.45, 2.75) is 4.90 Å². The summed E-state index contributed by atoms with van der Waals surface area (Å²) < 4.78 is 38.9. The molecule has 6 heteroatoms. The van der Waals surface area contributed by atoms with Crippen molar-refractivity contribution in [3.8, 4) is 0 Å². The molecule has 0 radical (unpaired) electrons. The lowest BCUT2D eigenvalue weighted by Gasteiger charge is -2.19. The molecule has 0 aliphatic carbocycles. The van der Waals surface area contributed by atoms with Gasteiger partial charge in [0.15, 0.2) is 0 Å². The summed E-state index contributed by atoms with van der Waals surface area (Å²) in [6, 6.07) is 11.9. The lowest BCUT2D eigenvalue weighted by Crippen LogP contribution is -2.26. The van der Waals surface area contributed by atoms with Gasteiger partial charge in [0.05, 0.1) is 15.6 Å². The van der Waals surface area contributed by atoms with Crippen molar-refractivity contribution in [1.82, 2.24) is 0 Å². The molecular weight excluding hydrogens is 289 g/mol. The van der Waals surface area contributed by atoms with Crippen LogP contribution in [-0.4, -0.2) is 15.5 Å². The molecule has 0 N–H and O–H groups in total. The van der Waals surface area contributed by atoms with Crippen LogP contribution < -0.4 is 4.31 Å². The van der Waals surface area contributed by atoms with Crippen molar-refractivity contribution in [1.29, 1.82) is 0 Å². The van der Waals surface area contributed by atoms with E-state index in [4.69, 9.17) is 11.6 Å². The second-order valence-electron chi connectivity index (χ2n) is 3.88. The van der Waals surface area contributed by atoms with E-state index in [0.29, 0.717) is 5.69 Å². The molecule has 2 aromatic rings. The highest BCUT2D eigenvalue weighted by molar-refractivity contribution is 7.92. The van der Waals surface area contributed by atoms with Crippen LogP contribution in [0.5, 0.6) is 0 Å². The van der Waals surface area contributed by atoms with Crippen LogP contribution in [0.25, 0.3) is 0 Å². The summed E-state index contributed by atoms with van der Waals surface area (Å²) in [5, 5.41) is -0.220. The molecule has 0 aliphatic rings. The minimum atomic E-state index is -3.75. The Labute approximate surface area is 116 Å². The molecule has 19 heavy (non-hydrogen) atoms. The molecule has 0 amide bonds. The zero-order valence-electron chi connectivity index (χ0n) is 10.0. The Hall–Kier alpha value is -1.59. The van der Waals surface area contributed by atoms with Crippen molar-refractivity contribution in [3.05, 3.63) is 59.4 Å². The molecule has 0 bridgehead atoms. The Balaban J connectivity index is 2.45. The number of rotatable bonds is 3. The zero-order chi connectivity index (χ0) is 14.0. The van der Waals surface area contributed by atoms with Gasteiger partial charge in [0, 0.05) is 7.05 Å². The first kappa shape index (κ1) is 13.8. The van der Waals surface area contributed by atoms with Crippen molar-refractivity contribution in [2.75, 3.05) is 11.4 Å². The molecule has 0 aromatic heterocycles. The summed E-state index contributed by atoms with van der Waals surface area (Å²) in [5.74, 6) is -0.650. The van der Waals surface area contributed by atoms with Crippen molar-refractivity contribution in [3.63, 3.8) is 0 Å². The van der Waals surface area contributed by atoms with E-state index in [9.17, 15) is 12.8 Å². The molecule has 0 saturated heterocycles. The van der Waals surface area contributed by atoms with Gasteiger partial charge in [-0.25, -0.2) is 12.8 Å². The normalized spacial score (nSPS) is 11.3. The van der Waals surface area contributed by atoms with Crippen LogP contribution in [0.1, 0.15) is 0 Å². The number of benzene rings is 2. The molecule has 2 aromatic carbocycles. The molecule has 0 spiro atoms. The highest BCUT2D eigenvalue weighted by Gasteiger charge is 2.22. The van der Waals surface area contributed by atoms with Gasteiger partial charge in [-0.15, -0.1) is 0 Å². The fourth-order valence-electron chi connectivity index (χ4n) is 1.57. The van der Waals surface area contributed by atoms with Crippen LogP contribution in [0.4, 0.5) is 10.1 Å². The number of sulfonamides is 1. The Bertz CT molecular complexity index is 689. The summed E-state index contributed by atoms with van der Waals surface area (Å²) >= 11 is 5.61. The number of hydrogen-bond acceptors (Lipinski definition) is 2. The highest BCUT2D eigenvalue weighted by Crippen LogP contribution is 2.24. The van der Waals surface area contributed by atoms with E-state index in [2.05, 4.69) is 0 Å². The largest absolute Gasteiger partial charge is 0.269 e. The third-order valence-corrected chi connectivity index (χ3v) is 4.74. The van der Waals surface area contributed by atoms with E-state index >= 15 is 0 Å². The topological polar surface area (TPSA) is 37.4 Å². The lowest BCUT2D eigenvalue weighted by atomic mass is 10.3. The first-order chi connectivity index (χ1) is 8.93. The van der Waals surface area contributed by atoms with Gasteiger partial charge in [0.1, 0.15) is 5.82 Å². The molecule has 0 fully saturated rings. The Morgan fingerprint density at radius 3 is 2.32 bits per heavy atom. The molecule has 0 unspecified atom stereocenters. The summed E-state index contributed by atoms with van der Waals surface area (Å²) in [7, 11) is -2.32. The Kier molecular flexibility index (Phi) is 3.78. The molecule has 3 nitrogen and oxygen atoms in total. The summed E-state index contributed by atoms with van der Waals surface area (Å²) in [5.41, 5.74) is 0.517. The predicted molar refractivity (Wildman–Crippen MR) is 73.4 cm³/mol. The van der Waals surface area contributed by atoms with E-state index in [1.165, 1.54) is 13.1 Å². The van der Waals surface area contributed by atoms with E-state index in [1.807, 2.05) is 0 Å². The van der Waals surface area contributed by atoms with Gasteiger partial charge in [-0.3, -0.25) is 4.31 Å². The van der Waals surface area contributed by atoms with E-state index in [-0.39, 0.29) is 9.92 Å². The quantitative estimate of drug-likeness (QED) is 0.872. The fourth-order valence-corrected chi connectivity index (χ4v) is 3.04. The van der Waals surface area contributed by atoms with E-state index in [0.717, 1.165) is 16.4 Å². The van der Waals surface area contributed by atoms with Gasteiger partial charge in [0.2, 0.25) is 0 Å². The summed E-state index contributed by atoms with van der Waals surface area (Å²) in [4.78, 5) is -0.0507. The molecule has 100 valence electrons. The Morgan fingerprint density at radius 1 is 1.11 bits per heavy atom.